The summed E-state index contributed by atoms with van der Waals surface area (Å²) in [5.74, 6) is -4.42. The van der Waals surface area contributed by atoms with Crippen LogP contribution < -0.4 is 38.9 Å². The van der Waals surface area contributed by atoms with Gasteiger partial charge in [0.2, 0.25) is 23.6 Å². The van der Waals surface area contributed by atoms with Crippen LogP contribution in [0.1, 0.15) is 46.5 Å². The number of hydrogen-bond acceptors (Lipinski definition) is 7. The molecule has 4 amide bonds. The Morgan fingerprint density at radius 1 is 0.879 bits per heavy atom. The molecule has 4 unspecified atom stereocenters. The number of aliphatic carboxylic acids is 1. The lowest BCUT2D eigenvalue weighted by molar-refractivity contribution is -0.143. The standard InChI is InChI=1S/C19H36N8O6/c1-9(2)14(18(32)33)27-17(31)12(5-4-8-24-19(22)23)26-15(29)10(3)25-16(30)11(20)6-7-13(21)28/h9-12,14H,4-8,20H2,1-3H3,(H2,21,28)(H,25,30)(H,26,29)(H,27,31)(H,32,33)(H4,22,23,24). The minimum Gasteiger partial charge on any atom is -0.480 e. The van der Waals surface area contributed by atoms with Crippen molar-refractivity contribution in [3.63, 3.8) is 0 Å². The molecule has 0 radical (unpaired) electrons. The van der Waals surface area contributed by atoms with Crippen molar-refractivity contribution in [3.05, 3.63) is 0 Å². The van der Waals surface area contributed by atoms with E-state index in [1.807, 2.05) is 0 Å². The van der Waals surface area contributed by atoms with Gasteiger partial charge in [-0.05, 0) is 32.1 Å². The number of carboxylic acids is 1. The summed E-state index contributed by atoms with van der Waals surface area (Å²) in [6.07, 6.45) is 0.344. The average molecular weight is 473 g/mol. The molecule has 0 aromatic rings. The van der Waals surface area contributed by atoms with Gasteiger partial charge in [0.05, 0.1) is 6.04 Å². The number of carboxylic acid groups (broad SMARTS) is 1. The minimum atomic E-state index is -1.21. The lowest BCUT2D eigenvalue weighted by Gasteiger charge is -2.25. The van der Waals surface area contributed by atoms with Crippen molar-refractivity contribution < 1.29 is 29.1 Å². The molecule has 0 fully saturated rings. The fourth-order valence-corrected chi connectivity index (χ4v) is 2.65. The molecule has 0 saturated heterocycles. The third-order valence-corrected chi connectivity index (χ3v) is 4.60. The van der Waals surface area contributed by atoms with Gasteiger partial charge in [0.15, 0.2) is 5.96 Å². The highest BCUT2D eigenvalue weighted by molar-refractivity contribution is 5.94. The summed E-state index contributed by atoms with van der Waals surface area (Å²) in [5.41, 5.74) is 21.2. The summed E-state index contributed by atoms with van der Waals surface area (Å²) in [5, 5.41) is 16.6. The summed E-state index contributed by atoms with van der Waals surface area (Å²) in [7, 11) is 0. The van der Waals surface area contributed by atoms with Crippen LogP contribution in [0.2, 0.25) is 0 Å². The molecule has 0 rings (SSSR count). The number of carbonyl (C=O) groups excluding carboxylic acids is 4. The van der Waals surface area contributed by atoms with Crippen LogP contribution in [-0.2, 0) is 24.0 Å². The maximum atomic E-state index is 12.7. The highest BCUT2D eigenvalue weighted by atomic mass is 16.4. The zero-order valence-corrected chi connectivity index (χ0v) is 19.2. The Kier molecular flexibility index (Phi) is 13.1. The van der Waals surface area contributed by atoms with E-state index < -0.39 is 59.7 Å². The minimum absolute atomic E-state index is 0.0110. The van der Waals surface area contributed by atoms with Crippen LogP contribution in [0, 0.1) is 5.92 Å². The molecule has 14 nitrogen and oxygen atoms in total. The molecule has 188 valence electrons. The molecule has 0 saturated carbocycles. The van der Waals surface area contributed by atoms with Gasteiger partial charge in [-0.25, -0.2) is 4.79 Å². The first-order valence-corrected chi connectivity index (χ1v) is 10.5. The van der Waals surface area contributed by atoms with E-state index in [2.05, 4.69) is 20.9 Å². The second-order valence-corrected chi connectivity index (χ2v) is 7.92. The number of nitrogens with one attached hydrogen (secondary N) is 3. The molecule has 0 bridgehead atoms. The normalized spacial score (nSPS) is 14.3. The van der Waals surface area contributed by atoms with Crippen molar-refractivity contribution in [1.82, 2.24) is 16.0 Å². The highest BCUT2D eigenvalue weighted by Crippen LogP contribution is 2.05. The van der Waals surface area contributed by atoms with Crippen molar-refractivity contribution in [2.75, 3.05) is 6.54 Å². The predicted molar refractivity (Wildman–Crippen MR) is 120 cm³/mol. The SMILES string of the molecule is CC(NC(=O)C(N)CCC(N)=O)C(=O)NC(CCCN=C(N)N)C(=O)NC(C(=O)O)C(C)C. The quantitative estimate of drug-likeness (QED) is 0.0678. The van der Waals surface area contributed by atoms with Crippen LogP contribution in [0.4, 0.5) is 0 Å². The van der Waals surface area contributed by atoms with E-state index >= 15 is 0 Å². The number of aliphatic imine (C=N–C) groups is 1. The first-order chi connectivity index (χ1) is 15.3. The van der Waals surface area contributed by atoms with E-state index in [1.54, 1.807) is 13.8 Å². The number of primary amides is 1. The molecule has 4 atom stereocenters. The number of guanidine groups is 1. The molecule has 33 heavy (non-hydrogen) atoms. The van der Waals surface area contributed by atoms with Gasteiger partial charge in [0.1, 0.15) is 18.1 Å². The van der Waals surface area contributed by atoms with Crippen molar-refractivity contribution in [2.45, 2.75) is 70.6 Å². The summed E-state index contributed by atoms with van der Waals surface area (Å²) in [4.78, 5) is 63.4. The van der Waals surface area contributed by atoms with E-state index in [9.17, 15) is 29.1 Å². The summed E-state index contributed by atoms with van der Waals surface area (Å²) >= 11 is 0. The molecule has 12 N–H and O–H groups in total. The topological polar surface area (TPSA) is 258 Å². The Morgan fingerprint density at radius 3 is 1.97 bits per heavy atom. The zero-order valence-electron chi connectivity index (χ0n) is 19.2. The Morgan fingerprint density at radius 2 is 1.48 bits per heavy atom. The number of nitrogens with two attached hydrogens (primary N) is 4. The Labute approximate surface area is 192 Å². The summed E-state index contributed by atoms with van der Waals surface area (Å²) in [6.45, 7) is 4.83. The van der Waals surface area contributed by atoms with E-state index in [0.29, 0.717) is 6.42 Å². The number of rotatable bonds is 15. The van der Waals surface area contributed by atoms with Gasteiger partial charge in [-0.2, -0.15) is 0 Å². The first-order valence-electron chi connectivity index (χ1n) is 10.5. The molecule has 0 aromatic carbocycles. The van der Waals surface area contributed by atoms with E-state index in [1.165, 1.54) is 6.92 Å². The zero-order chi connectivity index (χ0) is 25.7. The van der Waals surface area contributed by atoms with Crippen LogP contribution >= 0.6 is 0 Å². The molecular weight excluding hydrogens is 436 g/mol. The number of nitrogens with zero attached hydrogens (tertiary/aromatic N) is 1. The Hall–Kier alpha value is -3.42. The molecule has 0 aromatic heterocycles. The number of amides is 4. The largest absolute Gasteiger partial charge is 0.480 e. The summed E-state index contributed by atoms with van der Waals surface area (Å²) < 4.78 is 0. The van der Waals surface area contributed by atoms with Crippen LogP contribution in [0.5, 0.6) is 0 Å². The predicted octanol–water partition coefficient (Wildman–Crippen LogP) is -3.15. The fraction of sp³-hybridized carbons (Fsp3) is 0.684. The number of hydrogen-bond donors (Lipinski definition) is 8. The van der Waals surface area contributed by atoms with Gasteiger partial charge in [0, 0.05) is 13.0 Å². The average Bonchev–Trinajstić information content (AvgIpc) is 2.70. The van der Waals surface area contributed by atoms with Gasteiger partial charge >= 0.3 is 5.97 Å². The van der Waals surface area contributed by atoms with Crippen LogP contribution in [0.15, 0.2) is 4.99 Å². The first kappa shape index (κ1) is 29.6. The lowest BCUT2D eigenvalue weighted by atomic mass is 10.0. The smallest absolute Gasteiger partial charge is 0.326 e. The maximum Gasteiger partial charge on any atom is 0.326 e. The van der Waals surface area contributed by atoms with Crippen molar-refractivity contribution in [1.29, 1.82) is 0 Å². The second-order valence-electron chi connectivity index (χ2n) is 7.92. The monoisotopic (exact) mass is 472 g/mol. The Bertz CT molecular complexity index is 738. The Balaban J connectivity index is 5.19. The van der Waals surface area contributed by atoms with E-state index in [4.69, 9.17) is 22.9 Å². The molecule has 0 spiro atoms. The third kappa shape index (κ3) is 12.3. The molecular formula is C19H36N8O6. The third-order valence-electron chi connectivity index (χ3n) is 4.60. The van der Waals surface area contributed by atoms with Gasteiger partial charge < -0.3 is 44.0 Å². The van der Waals surface area contributed by atoms with Crippen molar-refractivity contribution in [3.8, 4) is 0 Å². The molecule has 14 heteroatoms. The highest BCUT2D eigenvalue weighted by Gasteiger charge is 2.29. The molecule has 0 aliphatic rings. The van der Waals surface area contributed by atoms with E-state index in [-0.39, 0.29) is 31.8 Å². The van der Waals surface area contributed by atoms with Crippen LogP contribution in [0.25, 0.3) is 0 Å². The van der Waals surface area contributed by atoms with Crippen molar-refractivity contribution >= 4 is 35.6 Å². The molecule has 0 aliphatic carbocycles. The second kappa shape index (κ2) is 14.6. The summed E-state index contributed by atoms with van der Waals surface area (Å²) in [6, 6.07) is -4.37. The van der Waals surface area contributed by atoms with Gasteiger partial charge in [-0.15, -0.1) is 0 Å². The molecule has 0 aliphatic heterocycles. The van der Waals surface area contributed by atoms with Gasteiger partial charge in [-0.1, -0.05) is 13.8 Å². The maximum absolute atomic E-state index is 12.7. The lowest BCUT2D eigenvalue weighted by Crippen LogP contribution is -2.57. The van der Waals surface area contributed by atoms with Crippen molar-refractivity contribution in [2.24, 2.45) is 33.8 Å². The van der Waals surface area contributed by atoms with E-state index in [0.717, 1.165) is 0 Å². The van der Waals surface area contributed by atoms with Gasteiger partial charge in [0.25, 0.3) is 0 Å². The number of carbonyl (C=O) groups is 5. The van der Waals surface area contributed by atoms with Crippen LogP contribution in [-0.4, -0.2) is 71.4 Å². The van der Waals surface area contributed by atoms with Gasteiger partial charge in [-0.3, -0.25) is 24.2 Å². The van der Waals surface area contributed by atoms with Crippen LogP contribution in [0.3, 0.4) is 0 Å². The fourth-order valence-electron chi connectivity index (χ4n) is 2.65. The molecule has 0 heterocycles.